The number of aromatic nitrogens is 1. The Hall–Kier alpha value is -2.70. The van der Waals surface area contributed by atoms with Crippen molar-refractivity contribution in [2.75, 3.05) is 0 Å². The van der Waals surface area contributed by atoms with Crippen molar-refractivity contribution >= 4 is 11.7 Å². The number of carboxylic acids is 1. The fourth-order valence-corrected chi connectivity index (χ4v) is 2.09. The van der Waals surface area contributed by atoms with Gasteiger partial charge in [0.15, 0.2) is 0 Å². The highest BCUT2D eigenvalue weighted by Gasteiger charge is 2.23. The first-order valence-electron chi connectivity index (χ1n) is 6.43. The summed E-state index contributed by atoms with van der Waals surface area (Å²) in [6.45, 7) is 3.48. The second kappa shape index (κ2) is 5.74. The highest BCUT2D eigenvalue weighted by atomic mass is 16.6. The average molecular weight is 290 g/mol. The highest BCUT2D eigenvalue weighted by molar-refractivity contribution is 5.86. The lowest BCUT2D eigenvalue weighted by Crippen LogP contribution is -1.99. The summed E-state index contributed by atoms with van der Waals surface area (Å²) in [5.74, 6) is -1.31. The molecule has 0 aliphatic rings. The molecule has 0 aliphatic heterocycles. The van der Waals surface area contributed by atoms with Crippen LogP contribution in [0.5, 0.6) is 0 Å². The Kier molecular flexibility index (Phi) is 4.02. The van der Waals surface area contributed by atoms with E-state index in [0.29, 0.717) is 23.2 Å². The van der Waals surface area contributed by atoms with E-state index in [0.717, 1.165) is 6.42 Å². The molecule has 0 saturated carbocycles. The van der Waals surface area contributed by atoms with Gasteiger partial charge in [-0.1, -0.05) is 19.4 Å². The van der Waals surface area contributed by atoms with Crippen LogP contribution in [0.1, 0.15) is 35.2 Å². The van der Waals surface area contributed by atoms with Gasteiger partial charge >= 0.3 is 5.97 Å². The number of aryl methyl sites for hydroxylation is 1. The number of carboxylic acid groups (broad SMARTS) is 1. The molecule has 0 amide bonds. The zero-order chi connectivity index (χ0) is 15.6. The summed E-state index contributed by atoms with van der Waals surface area (Å²) < 4.78 is 5.30. The molecule has 0 unspecified atom stereocenters. The quantitative estimate of drug-likeness (QED) is 0.669. The minimum atomic E-state index is -1.19. The number of aromatic carboxylic acids is 1. The molecule has 7 heteroatoms. The first kappa shape index (κ1) is 14.7. The first-order valence-corrected chi connectivity index (χ1v) is 6.43. The highest BCUT2D eigenvalue weighted by Crippen LogP contribution is 2.30. The lowest BCUT2D eigenvalue weighted by molar-refractivity contribution is -0.385. The summed E-state index contributed by atoms with van der Waals surface area (Å²) in [6.07, 6.45) is 1.19. The van der Waals surface area contributed by atoms with E-state index in [-0.39, 0.29) is 17.3 Å². The molecule has 0 atom stereocenters. The molecule has 0 aliphatic carbocycles. The molecule has 0 saturated heterocycles. The van der Waals surface area contributed by atoms with Gasteiger partial charge in [0.1, 0.15) is 0 Å². The molecular weight excluding hydrogens is 276 g/mol. The van der Waals surface area contributed by atoms with E-state index in [2.05, 4.69) is 4.98 Å². The van der Waals surface area contributed by atoms with Crippen molar-refractivity contribution in [2.24, 2.45) is 0 Å². The topological polar surface area (TPSA) is 106 Å². The van der Waals surface area contributed by atoms with Gasteiger partial charge in [-0.05, 0) is 19.4 Å². The van der Waals surface area contributed by atoms with Crippen LogP contribution in [0, 0.1) is 17.0 Å². The third-order valence-corrected chi connectivity index (χ3v) is 3.11. The number of nitro groups is 1. The van der Waals surface area contributed by atoms with E-state index in [4.69, 9.17) is 9.52 Å². The minimum Gasteiger partial charge on any atom is -0.475 e. The molecule has 21 heavy (non-hydrogen) atoms. The Morgan fingerprint density at radius 1 is 1.48 bits per heavy atom. The Morgan fingerprint density at radius 3 is 2.76 bits per heavy atom. The van der Waals surface area contributed by atoms with Crippen LogP contribution in [0.3, 0.4) is 0 Å². The molecule has 0 radical (unpaired) electrons. The monoisotopic (exact) mass is 290 g/mol. The molecule has 1 aromatic heterocycles. The van der Waals surface area contributed by atoms with Gasteiger partial charge in [0.2, 0.25) is 11.7 Å². The number of nitrogens with zero attached hydrogens (tertiary/aromatic N) is 2. The van der Waals surface area contributed by atoms with Gasteiger partial charge in [0.25, 0.3) is 5.69 Å². The Morgan fingerprint density at radius 2 is 2.19 bits per heavy atom. The standard InChI is InChI=1S/C14H14N2O5/c1-3-5-10-12(14(17)18)21-13(15-10)9-6-4-7-11(8(9)2)16(19)20/h4,6-7H,3,5H2,1-2H3,(H,17,18). The lowest BCUT2D eigenvalue weighted by atomic mass is 10.1. The summed E-state index contributed by atoms with van der Waals surface area (Å²) in [5, 5.41) is 20.1. The molecule has 0 bridgehead atoms. The SMILES string of the molecule is CCCc1nc(-c2cccc([N+](=O)[O-])c2C)oc1C(=O)O. The van der Waals surface area contributed by atoms with Crippen molar-refractivity contribution in [3.05, 3.63) is 45.3 Å². The predicted octanol–water partition coefficient (Wildman–Crippen LogP) is 3.21. The van der Waals surface area contributed by atoms with E-state index in [1.165, 1.54) is 12.1 Å². The minimum absolute atomic E-state index is 0.0559. The molecule has 2 aromatic rings. The lowest BCUT2D eigenvalue weighted by Gasteiger charge is -2.01. The van der Waals surface area contributed by atoms with Gasteiger partial charge in [-0.2, -0.15) is 0 Å². The van der Waals surface area contributed by atoms with E-state index in [1.54, 1.807) is 13.0 Å². The number of oxazole rings is 1. The average Bonchev–Trinajstić information content (AvgIpc) is 2.83. The van der Waals surface area contributed by atoms with Crippen LogP contribution in [0.2, 0.25) is 0 Å². The van der Waals surface area contributed by atoms with Gasteiger partial charge in [0, 0.05) is 17.2 Å². The van der Waals surface area contributed by atoms with E-state index in [1.807, 2.05) is 6.92 Å². The number of nitro benzene ring substituents is 1. The van der Waals surface area contributed by atoms with Gasteiger partial charge in [-0.3, -0.25) is 10.1 Å². The van der Waals surface area contributed by atoms with Crippen LogP contribution in [0.25, 0.3) is 11.5 Å². The third-order valence-electron chi connectivity index (χ3n) is 3.11. The van der Waals surface area contributed by atoms with Crippen molar-refractivity contribution in [1.82, 2.24) is 4.98 Å². The summed E-state index contributed by atoms with van der Waals surface area (Å²) in [5.41, 5.74) is 1.11. The van der Waals surface area contributed by atoms with Crippen molar-refractivity contribution < 1.29 is 19.2 Å². The van der Waals surface area contributed by atoms with Crippen LogP contribution in [0.4, 0.5) is 5.69 Å². The summed E-state index contributed by atoms with van der Waals surface area (Å²) in [7, 11) is 0. The molecule has 110 valence electrons. The van der Waals surface area contributed by atoms with Gasteiger partial charge in [-0.15, -0.1) is 0 Å². The van der Waals surface area contributed by atoms with Crippen molar-refractivity contribution in [3.8, 4) is 11.5 Å². The molecule has 1 N–H and O–H groups in total. The summed E-state index contributed by atoms with van der Waals surface area (Å²) >= 11 is 0. The van der Waals surface area contributed by atoms with Crippen LogP contribution < -0.4 is 0 Å². The maximum atomic E-state index is 11.2. The van der Waals surface area contributed by atoms with Crippen molar-refractivity contribution in [3.63, 3.8) is 0 Å². The smallest absolute Gasteiger partial charge is 0.373 e. The Balaban J connectivity index is 2.57. The van der Waals surface area contributed by atoms with Crippen LogP contribution in [-0.4, -0.2) is 21.0 Å². The largest absolute Gasteiger partial charge is 0.475 e. The predicted molar refractivity (Wildman–Crippen MR) is 74.3 cm³/mol. The molecular formula is C14H14N2O5. The maximum absolute atomic E-state index is 11.2. The summed E-state index contributed by atoms with van der Waals surface area (Å²) in [6, 6.07) is 4.52. The zero-order valence-electron chi connectivity index (χ0n) is 11.6. The molecule has 7 nitrogen and oxygen atoms in total. The Bertz CT molecular complexity index is 705. The van der Waals surface area contributed by atoms with Gasteiger partial charge < -0.3 is 9.52 Å². The van der Waals surface area contributed by atoms with E-state index < -0.39 is 10.9 Å². The number of rotatable bonds is 5. The third kappa shape index (κ3) is 2.76. The van der Waals surface area contributed by atoms with Gasteiger partial charge in [0.05, 0.1) is 10.6 Å². The maximum Gasteiger partial charge on any atom is 0.373 e. The Labute approximate surface area is 120 Å². The fraction of sp³-hybridized carbons (Fsp3) is 0.286. The second-order valence-corrected chi connectivity index (χ2v) is 4.56. The molecule has 1 heterocycles. The fourth-order valence-electron chi connectivity index (χ4n) is 2.09. The second-order valence-electron chi connectivity index (χ2n) is 4.56. The molecule has 0 spiro atoms. The normalized spacial score (nSPS) is 10.6. The first-order chi connectivity index (χ1) is 9.95. The zero-order valence-corrected chi connectivity index (χ0v) is 11.6. The van der Waals surface area contributed by atoms with Crippen LogP contribution >= 0.6 is 0 Å². The van der Waals surface area contributed by atoms with E-state index in [9.17, 15) is 14.9 Å². The molecule has 2 rings (SSSR count). The van der Waals surface area contributed by atoms with Crippen molar-refractivity contribution in [1.29, 1.82) is 0 Å². The summed E-state index contributed by atoms with van der Waals surface area (Å²) in [4.78, 5) is 25.8. The van der Waals surface area contributed by atoms with E-state index >= 15 is 0 Å². The number of hydrogen-bond acceptors (Lipinski definition) is 5. The van der Waals surface area contributed by atoms with Crippen LogP contribution in [-0.2, 0) is 6.42 Å². The molecule has 1 aromatic carbocycles. The van der Waals surface area contributed by atoms with Crippen LogP contribution in [0.15, 0.2) is 22.6 Å². The van der Waals surface area contributed by atoms with Gasteiger partial charge in [-0.25, -0.2) is 9.78 Å². The molecule has 0 fully saturated rings. The van der Waals surface area contributed by atoms with Crippen molar-refractivity contribution in [2.45, 2.75) is 26.7 Å². The number of benzene rings is 1. The number of carbonyl (C=O) groups is 1. The number of hydrogen-bond donors (Lipinski definition) is 1.